The third-order valence-corrected chi connectivity index (χ3v) is 2.93. The number of nitrogens with zero attached hydrogens (tertiary/aromatic N) is 1. The Kier molecular flexibility index (Phi) is 1.08. The molecule has 0 aromatic rings. The van der Waals surface area contributed by atoms with E-state index in [1.807, 2.05) is 0 Å². The van der Waals surface area contributed by atoms with Gasteiger partial charge in [0.1, 0.15) is 0 Å². The van der Waals surface area contributed by atoms with E-state index in [0.29, 0.717) is 6.04 Å². The summed E-state index contributed by atoms with van der Waals surface area (Å²) >= 11 is 0. The quantitative estimate of drug-likeness (QED) is 0.501. The van der Waals surface area contributed by atoms with Crippen LogP contribution in [0.3, 0.4) is 0 Å². The summed E-state index contributed by atoms with van der Waals surface area (Å²) in [7, 11) is 2.20. The van der Waals surface area contributed by atoms with Gasteiger partial charge in [0.05, 0.1) is 0 Å². The lowest BCUT2D eigenvalue weighted by Crippen LogP contribution is -2.34. The summed E-state index contributed by atoms with van der Waals surface area (Å²) in [6.07, 6.45) is 3.96. The number of nitrogens with two attached hydrogens (primary N) is 1. The van der Waals surface area contributed by atoms with Gasteiger partial charge >= 0.3 is 0 Å². The minimum absolute atomic E-state index is 0.480. The Hall–Kier alpha value is -0.0800. The number of hydrogen-bond acceptors (Lipinski definition) is 2. The van der Waals surface area contributed by atoms with Gasteiger partial charge in [-0.15, -0.1) is 0 Å². The summed E-state index contributed by atoms with van der Waals surface area (Å²) in [5.74, 6) is 0. The molecule has 0 spiro atoms. The third-order valence-electron chi connectivity index (χ3n) is 2.93. The molecule has 2 nitrogen and oxygen atoms in total. The Bertz CT molecular complexity index is 124. The second-order valence-corrected chi connectivity index (χ2v) is 3.36. The number of rotatable bonds is 0. The van der Waals surface area contributed by atoms with E-state index in [1.165, 1.54) is 19.3 Å². The van der Waals surface area contributed by atoms with Crippen LogP contribution in [0.1, 0.15) is 19.3 Å². The predicted octanol–water partition coefficient (Wildman–Crippen LogP) is 0.180. The smallest absolute Gasteiger partial charge is 0.0248 e. The van der Waals surface area contributed by atoms with E-state index in [2.05, 4.69) is 11.9 Å². The molecule has 2 fully saturated rings. The summed E-state index contributed by atoms with van der Waals surface area (Å²) in [6, 6.07) is 2.02. The molecular weight excluding hydrogens is 112 g/mol. The summed E-state index contributed by atoms with van der Waals surface area (Å²) in [5.41, 5.74) is 5.87. The van der Waals surface area contributed by atoms with Crippen molar-refractivity contribution in [3.05, 3.63) is 0 Å². The highest BCUT2D eigenvalue weighted by molar-refractivity contribution is 5.00. The van der Waals surface area contributed by atoms with E-state index < -0.39 is 0 Å². The zero-order valence-electron chi connectivity index (χ0n) is 5.88. The average molecular weight is 126 g/mol. The third kappa shape index (κ3) is 0.634. The topological polar surface area (TPSA) is 29.3 Å². The van der Waals surface area contributed by atoms with Gasteiger partial charge in [0.25, 0.3) is 0 Å². The lowest BCUT2D eigenvalue weighted by molar-refractivity contribution is 0.307. The van der Waals surface area contributed by atoms with Crippen LogP contribution in [0.5, 0.6) is 0 Å². The average Bonchev–Trinajstić information content (AvgIpc) is 2.25. The van der Waals surface area contributed by atoms with Crippen molar-refractivity contribution in [3.63, 3.8) is 0 Å². The van der Waals surface area contributed by atoms with Gasteiger partial charge in [0.2, 0.25) is 0 Å². The lowest BCUT2D eigenvalue weighted by atomic mass is 9.97. The van der Waals surface area contributed by atoms with Gasteiger partial charge in [-0.05, 0) is 26.3 Å². The van der Waals surface area contributed by atoms with Crippen LogP contribution in [0, 0.1) is 0 Å². The fourth-order valence-electron chi connectivity index (χ4n) is 2.31. The number of hydrogen-bond donors (Lipinski definition) is 1. The van der Waals surface area contributed by atoms with Gasteiger partial charge in [0.15, 0.2) is 0 Å². The fraction of sp³-hybridized carbons (Fsp3) is 1.00. The van der Waals surface area contributed by atoms with Gasteiger partial charge in [-0.25, -0.2) is 0 Å². The van der Waals surface area contributed by atoms with E-state index >= 15 is 0 Å². The second kappa shape index (κ2) is 1.70. The zero-order valence-corrected chi connectivity index (χ0v) is 5.88. The molecule has 2 heteroatoms. The molecule has 2 N–H and O–H groups in total. The van der Waals surface area contributed by atoms with E-state index in [-0.39, 0.29) is 0 Å². The molecule has 0 aromatic carbocycles. The van der Waals surface area contributed by atoms with Crippen molar-refractivity contribution in [1.29, 1.82) is 0 Å². The molecule has 0 saturated carbocycles. The fourth-order valence-corrected chi connectivity index (χ4v) is 2.31. The highest BCUT2D eigenvalue weighted by atomic mass is 15.2. The summed E-state index contributed by atoms with van der Waals surface area (Å²) < 4.78 is 0. The van der Waals surface area contributed by atoms with Gasteiger partial charge in [-0.2, -0.15) is 0 Å². The standard InChI is InChI=1S/C7H14N2/c1-9-5-2-3-7(9)6(8)4-5/h5-7H,2-4,8H2,1H3/t5?,6-,7+/m1/s1. The minimum Gasteiger partial charge on any atom is -0.326 e. The maximum atomic E-state index is 5.87. The molecule has 0 aromatic heterocycles. The largest absolute Gasteiger partial charge is 0.326 e. The first-order valence-corrected chi connectivity index (χ1v) is 3.76. The molecule has 2 saturated heterocycles. The summed E-state index contributed by atoms with van der Waals surface area (Å²) in [5, 5.41) is 0. The van der Waals surface area contributed by atoms with Crippen molar-refractivity contribution in [2.24, 2.45) is 5.73 Å². The second-order valence-electron chi connectivity index (χ2n) is 3.36. The lowest BCUT2D eigenvalue weighted by Gasteiger charge is -2.16. The van der Waals surface area contributed by atoms with Crippen molar-refractivity contribution < 1.29 is 0 Å². The molecule has 2 heterocycles. The Labute approximate surface area is 56.0 Å². The first-order chi connectivity index (χ1) is 4.29. The highest BCUT2D eigenvalue weighted by Gasteiger charge is 2.41. The molecule has 0 radical (unpaired) electrons. The number of likely N-dealkylation sites (N-methyl/N-ethyl adjacent to an activating group) is 1. The molecule has 52 valence electrons. The molecule has 2 aliphatic rings. The maximum Gasteiger partial charge on any atom is 0.0248 e. The molecule has 0 aliphatic carbocycles. The van der Waals surface area contributed by atoms with E-state index in [0.717, 1.165) is 12.1 Å². The molecular formula is C7H14N2. The Morgan fingerprint density at radius 1 is 1.44 bits per heavy atom. The number of fused-ring (bicyclic) bond motifs is 2. The molecule has 0 amide bonds. The molecule has 1 unspecified atom stereocenters. The van der Waals surface area contributed by atoms with Crippen LogP contribution in [0.25, 0.3) is 0 Å². The molecule has 9 heavy (non-hydrogen) atoms. The van der Waals surface area contributed by atoms with Crippen LogP contribution in [0.2, 0.25) is 0 Å². The van der Waals surface area contributed by atoms with Gasteiger partial charge in [-0.1, -0.05) is 0 Å². The monoisotopic (exact) mass is 126 g/mol. The van der Waals surface area contributed by atoms with Crippen molar-refractivity contribution >= 4 is 0 Å². The van der Waals surface area contributed by atoms with Crippen LogP contribution in [-0.2, 0) is 0 Å². The van der Waals surface area contributed by atoms with E-state index in [9.17, 15) is 0 Å². The van der Waals surface area contributed by atoms with Crippen molar-refractivity contribution in [2.75, 3.05) is 7.05 Å². The molecule has 2 bridgehead atoms. The maximum absolute atomic E-state index is 5.87. The molecule has 2 aliphatic heterocycles. The van der Waals surface area contributed by atoms with E-state index in [4.69, 9.17) is 5.73 Å². The van der Waals surface area contributed by atoms with Crippen molar-refractivity contribution in [2.45, 2.75) is 37.4 Å². The molecule has 3 atom stereocenters. The normalized spacial score (nSPS) is 50.7. The summed E-state index contributed by atoms with van der Waals surface area (Å²) in [6.45, 7) is 0. The predicted molar refractivity (Wildman–Crippen MR) is 37.2 cm³/mol. The van der Waals surface area contributed by atoms with E-state index in [1.54, 1.807) is 0 Å². The Morgan fingerprint density at radius 2 is 2.22 bits per heavy atom. The van der Waals surface area contributed by atoms with Crippen molar-refractivity contribution in [1.82, 2.24) is 4.90 Å². The van der Waals surface area contributed by atoms with Crippen LogP contribution in [-0.4, -0.2) is 30.1 Å². The molecule has 2 rings (SSSR count). The first-order valence-electron chi connectivity index (χ1n) is 3.76. The highest BCUT2D eigenvalue weighted by Crippen LogP contribution is 2.34. The SMILES string of the molecule is CN1C2CC[C@H]1[C@H](N)C2. The van der Waals surface area contributed by atoms with Crippen LogP contribution >= 0.6 is 0 Å². The minimum atomic E-state index is 0.480. The summed E-state index contributed by atoms with van der Waals surface area (Å²) in [4.78, 5) is 2.45. The van der Waals surface area contributed by atoms with Gasteiger partial charge < -0.3 is 5.73 Å². The Morgan fingerprint density at radius 3 is 2.44 bits per heavy atom. The van der Waals surface area contributed by atoms with Crippen LogP contribution in [0.15, 0.2) is 0 Å². The Balaban J connectivity index is 2.16. The van der Waals surface area contributed by atoms with Gasteiger partial charge in [0, 0.05) is 18.1 Å². The van der Waals surface area contributed by atoms with Gasteiger partial charge in [-0.3, -0.25) is 4.90 Å². The zero-order chi connectivity index (χ0) is 6.43. The first kappa shape index (κ1) is 5.69. The van der Waals surface area contributed by atoms with Crippen molar-refractivity contribution in [3.8, 4) is 0 Å². The van der Waals surface area contributed by atoms with Crippen LogP contribution in [0.4, 0.5) is 0 Å². The van der Waals surface area contributed by atoms with Crippen LogP contribution < -0.4 is 5.73 Å².